The van der Waals surface area contributed by atoms with E-state index in [4.69, 9.17) is 5.26 Å². The predicted octanol–water partition coefficient (Wildman–Crippen LogP) is 4.31. The average molecular weight is 267 g/mol. The summed E-state index contributed by atoms with van der Waals surface area (Å²) in [6, 6.07) is 9.42. The van der Waals surface area contributed by atoms with Crippen LogP contribution in [0.2, 0.25) is 0 Å². The number of nitroso groups, excluding NO2 is 1. The summed E-state index contributed by atoms with van der Waals surface area (Å²) in [7, 11) is 0. The van der Waals surface area contributed by atoms with E-state index in [-0.39, 0.29) is 5.92 Å². The van der Waals surface area contributed by atoms with Crippen molar-refractivity contribution in [3.05, 3.63) is 58.4 Å². The molecule has 1 aliphatic rings. The molecule has 2 rings (SSSR count). The molecular weight excluding hydrogens is 250 g/mol. The van der Waals surface area contributed by atoms with Crippen LogP contribution in [0.25, 0.3) is 0 Å². The average Bonchev–Trinajstić information content (AvgIpc) is 2.85. The molecule has 0 radical (unpaired) electrons. The molecule has 1 unspecified atom stereocenters. The zero-order valence-corrected chi connectivity index (χ0v) is 11.7. The minimum absolute atomic E-state index is 0.0677. The number of anilines is 1. The Morgan fingerprint density at radius 3 is 2.60 bits per heavy atom. The predicted molar refractivity (Wildman–Crippen MR) is 79.7 cm³/mol. The standard InChI is InChI=1S/C16H17N3O/c1-3-5-14-15(18-20)11-19(16(14)4-2)13-8-6-12(10-17)7-9-13/h4,6-9,11,14H,3,5H2,1-2H3/b16-4+. The van der Waals surface area contributed by atoms with Crippen LogP contribution in [-0.2, 0) is 0 Å². The zero-order chi connectivity index (χ0) is 14.5. The highest BCUT2D eigenvalue weighted by Crippen LogP contribution is 2.38. The molecule has 0 saturated carbocycles. The molecular formula is C16H17N3O. The van der Waals surface area contributed by atoms with Crippen molar-refractivity contribution in [2.24, 2.45) is 11.1 Å². The quantitative estimate of drug-likeness (QED) is 0.764. The third-order valence-electron chi connectivity index (χ3n) is 3.51. The van der Waals surface area contributed by atoms with Crippen LogP contribution in [-0.4, -0.2) is 0 Å². The molecule has 0 N–H and O–H groups in total. The lowest BCUT2D eigenvalue weighted by Crippen LogP contribution is -2.15. The molecule has 1 atom stereocenters. The monoisotopic (exact) mass is 267 g/mol. The first-order chi connectivity index (χ1) is 9.74. The van der Waals surface area contributed by atoms with E-state index in [1.165, 1.54) is 0 Å². The van der Waals surface area contributed by atoms with Gasteiger partial charge in [0.05, 0.1) is 11.6 Å². The molecule has 1 heterocycles. The lowest BCUT2D eigenvalue weighted by Gasteiger charge is -2.21. The maximum absolute atomic E-state index is 11.0. The van der Waals surface area contributed by atoms with Crippen LogP contribution in [0, 0.1) is 22.2 Å². The van der Waals surface area contributed by atoms with Gasteiger partial charge < -0.3 is 4.90 Å². The van der Waals surface area contributed by atoms with E-state index < -0.39 is 0 Å². The molecule has 4 nitrogen and oxygen atoms in total. The van der Waals surface area contributed by atoms with Crippen LogP contribution in [0.15, 0.2) is 53.1 Å². The van der Waals surface area contributed by atoms with Crippen molar-refractivity contribution < 1.29 is 0 Å². The molecule has 0 aliphatic carbocycles. The second-order valence-corrected chi connectivity index (χ2v) is 4.73. The first-order valence-electron chi connectivity index (χ1n) is 6.75. The Hall–Kier alpha value is -2.41. The van der Waals surface area contributed by atoms with Gasteiger partial charge in [0.15, 0.2) is 0 Å². The van der Waals surface area contributed by atoms with Crippen LogP contribution < -0.4 is 4.90 Å². The highest BCUT2D eigenvalue weighted by Gasteiger charge is 2.30. The number of rotatable bonds is 4. The minimum atomic E-state index is 0.0677. The van der Waals surface area contributed by atoms with Gasteiger partial charge in [-0.15, -0.1) is 4.91 Å². The molecule has 1 aliphatic heterocycles. The maximum atomic E-state index is 11.0. The number of hydrogen-bond donors (Lipinski definition) is 0. The van der Waals surface area contributed by atoms with Crippen LogP contribution in [0.5, 0.6) is 0 Å². The van der Waals surface area contributed by atoms with Gasteiger partial charge in [0.2, 0.25) is 0 Å². The van der Waals surface area contributed by atoms with E-state index in [0.29, 0.717) is 11.3 Å². The van der Waals surface area contributed by atoms with Crippen LogP contribution in [0.4, 0.5) is 5.69 Å². The van der Waals surface area contributed by atoms with Crippen LogP contribution in [0.3, 0.4) is 0 Å². The second-order valence-electron chi connectivity index (χ2n) is 4.73. The number of nitriles is 1. The summed E-state index contributed by atoms with van der Waals surface area (Å²) >= 11 is 0. The Labute approximate surface area is 119 Å². The summed E-state index contributed by atoms with van der Waals surface area (Å²) in [5.41, 5.74) is 3.21. The zero-order valence-electron chi connectivity index (χ0n) is 11.7. The maximum Gasteiger partial charge on any atom is 0.110 e. The lowest BCUT2D eigenvalue weighted by atomic mass is 9.98. The second kappa shape index (κ2) is 6.16. The first kappa shape index (κ1) is 14.0. The number of nitrogens with zero attached hydrogens (tertiary/aromatic N) is 3. The summed E-state index contributed by atoms with van der Waals surface area (Å²) < 4.78 is 0. The summed E-state index contributed by atoms with van der Waals surface area (Å²) in [5.74, 6) is 0.0677. The summed E-state index contributed by atoms with van der Waals surface area (Å²) in [6.07, 6.45) is 5.72. The van der Waals surface area contributed by atoms with Gasteiger partial charge in [0, 0.05) is 23.5 Å². The lowest BCUT2D eigenvalue weighted by molar-refractivity contribution is 0.632. The molecule has 0 spiro atoms. The van der Waals surface area contributed by atoms with E-state index in [9.17, 15) is 4.91 Å². The molecule has 1 aromatic rings. The molecule has 1 aromatic carbocycles. The Morgan fingerprint density at radius 1 is 1.40 bits per heavy atom. The van der Waals surface area contributed by atoms with Crippen molar-refractivity contribution in [2.45, 2.75) is 26.7 Å². The topological polar surface area (TPSA) is 56.5 Å². The summed E-state index contributed by atoms with van der Waals surface area (Å²) in [5, 5.41) is 12.0. The number of hydrogen-bond acceptors (Lipinski definition) is 4. The Kier molecular flexibility index (Phi) is 4.31. The fourth-order valence-corrected chi connectivity index (χ4v) is 2.55. The Bertz CT molecular complexity index is 593. The molecule has 4 heteroatoms. The molecule has 0 aromatic heterocycles. The van der Waals surface area contributed by atoms with E-state index in [2.05, 4.69) is 18.2 Å². The first-order valence-corrected chi connectivity index (χ1v) is 6.75. The van der Waals surface area contributed by atoms with Gasteiger partial charge in [-0.1, -0.05) is 19.4 Å². The van der Waals surface area contributed by atoms with Gasteiger partial charge in [-0.25, -0.2) is 0 Å². The fraction of sp³-hybridized carbons (Fsp3) is 0.312. The highest BCUT2D eigenvalue weighted by molar-refractivity contribution is 5.61. The van der Waals surface area contributed by atoms with Crippen molar-refractivity contribution in [1.82, 2.24) is 0 Å². The summed E-state index contributed by atoms with van der Waals surface area (Å²) in [4.78, 5) is 13.0. The molecule has 102 valence electrons. The third-order valence-corrected chi connectivity index (χ3v) is 3.51. The molecule has 0 saturated heterocycles. The van der Waals surface area contributed by atoms with Gasteiger partial charge in [0.1, 0.15) is 5.70 Å². The highest BCUT2D eigenvalue weighted by atomic mass is 16.3. The van der Waals surface area contributed by atoms with Gasteiger partial charge in [0.25, 0.3) is 0 Å². The van der Waals surface area contributed by atoms with Gasteiger partial charge >= 0.3 is 0 Å². The molecule has 20 heavy (non-hydrogen) atoms. The van der Waals surface area contributed by atoms with Gasteiger partial charge in [-0.2, -0.15) is 5.26 Å². The fourth-order valence-electron chi connectivity index (χ4n) is 2.55. The molecule has 0 amide bonds. The Morgan fingerprint density at radius 2 is 2.10 bits per heavy atom. The normalized spacial score (nSPS) is 19.9. The van der Waals surface area contributed by atoms with Gasteiger partial charge in [-0.3, -0.25) is 0 Å². The minimum Gasteiger partial charge on any atom is -0.319 e. The van der Waals surface area contributed by atoms with Crippen molar-refractivity contribution in [2.75, 3.05) is 4.90 Å². The third kappa shape index (κ3) is 2.48. The molecule has 0 fully saturated rings. The molecule has 0 bridgehead atoms. The van der Waals surface area contributed by atoms with Crippen molar-refractivity contribution >= 4 is 5.69 Å². The summed E-state index contributed by atoms with van der Waals surface area (Å²) in [6.45, 7) is 4.07. The largest absolute Gasteiger partial charge is 0.319 e. The van der Waals surface area contributed by atoms with Crippen LogP contribution in [0.1, 0.15) is 32.3 Å². The smallest absolute Gasteiger partial charge is 0.110 e. The van der Waals surface area contributed by atoms with Crippen molar-refractivity contribution in [3.63, 3.8) is 0 Å². The SMILES string of the molecule is C/C=C1\C(CCC)C(N=O)=CN1c1ccc(C#N)cc1. The van der Waals surface area contributed by atoms with E-state index >= 15 is 0 Å². The van der Waals surface area contributed by atoms with Crippen molar-refractivity contribution in [3.8, 4) is 6.07 Å². The van der Waals surface area contributed by atoms with E-state index in [0.717, 1.165) is 24.2 Å². The number of benzene rings is 1. The van der Waals surface area contributed by atoms with Gasteiger partial charge in [-0.05, 0) is 42.8 Å². The van der Waals surface area contributed by atoms with Crippen LogP contribution >= 0.6 is 0 Å². The number of allylic oxidation sites excluding steroid dienone is 1. The Balaban J connectivity index is 2.37. The van der Waals surface area contributed by atoms with E-state index in [1.807, 2.05) is 30.0 Å². The van der Waals surface area contributed by atoms with Crippen molar-refractivity contribution in [1.29, 1.82) is 5.26 Å². The van der Waals surface area contributed by atoms with E-state index in [1.54, 1.807) is 18.3 Å².